The molecule has 0 radical (unpaired) electrons. The summed E-state index contributed by atoms with van der Waals surface area (Å²) < 4.78 is 0. The lowest BCUT2D eigenvalue weighted by molar-refractivity contribution is 0.364. The van der Waals surface area contributed by atoms with E-state index < -0.39 is 0 Å². The van der Waals surface area contributed by atoms with Gasteiger partial charge in [-0.25, -0.2) is 0 Å². The molecular weight excluding hydrogens is 278 g/mol. The topological polar surface area (TPSA) is 12.0 Å². The molecule has 120 valence electrons. The second kappa shape index (κ2) is 5.49. The van der Waals surface area contributed by atoms with Gasteiger partial charge in [-0.1, -0.05) is 68.4 Å². The summed E-state index contributed by atoms with van der Waals surface area (Å²) in [5, 5.41) is 3.69. The molecule has 4 rings (SSSR count). The minimum atomic E-state index is 0.340. The van der Waals surface area contributed by atoms with E-state index >= 15 is 0 Å². The Morgan fingerprint density at radius 3 is 2.39 bits per heavy atom. The van der Waals surface area contributed by atoms with Crippen LogP contribution in [0.2, 0.25) is 0 Å². The monoisotopic (exact) mass is 305 g/mol. The Hall–Kier alpha value is -1.60. The lowest BCUT2D eigenvalue weighted by atomic mass is 9.66. The second-order valence-electron chi connectivity index (χ2n) is 8.10. The molecule has 2 aromatic carbocycles. The van der Waals surface area contributed by atoms with Gasteiger partial charge in [0.05, 0.1) is 0 Å². The van der Waals surface area contributed by atoms with Gasteiger partial charge in [-0.15, -0.1) is 0 Å². The maximum atomic E-state index is 3.69. The van der Waals surface area contributed by atoms with E-state index in [-0.39, 0.29) is 0 Å². The average molecular weight is 305 g/mol. The standard InChI is InChI=1S/C22H27N/c1-21(2)12-13-22(20-11-7-6-10-19(20)21)14-18(22)16-23-15-17-8-4-3-5-9-17/h3-11,18,23H,12-16H2,1-2H3. The fourth-order valence-corrected chi connectivity index (χ4v) is 4.58. The molecule has 1 fully saturated rings. The molecule has 0 amide bonds. The van der Waals surface area contributed by atoms with Gasteiger partial charge in [0.1, 0.15) is 0 Å². The summed E-state index contributed by atoms with van der Waals surface area (Å²) in [6.45, 7) is 6.94. The minimum absolute atomic E-state index is 0.340. The molecule has 23 heavy (non-hydrogen) atoms. The van der Waals surface area contributed by atoms with Gasteiger partial charge in [-0.3, -0.25) is 0 Å². The van der Waals surface area contributed by atoms with Gasteiger partial charge in [0.15, 0.2) is 0 Å². The van der Waals surface area contributed by atoms with Crippen molar-refractivity contribution in [3.63, 3.8) is 0 Å². The van der Waals surface area contributed by atoms with Crippen molar-refractivity contribution in [3.05, 3.63) is 71.3 Å². The maximum Gasteiger partial charge on any atom is 0.0205 e. The van der Waals surface area contributed by atoms with Crippen LogP contribution >= 0.6 is 0 Å². The Balaban J connectivity index is 1.45. The van der Waals surface area contributed by atoms with Crippen molar-refractivity contribution in [2.45, 2.75) is 50.5 Å². The molecule has 0 aliphatic heterocycles. The molecule has 0 heterocycles. The molecule has 1 heteroatoms. The van der Waals surface area contributed by atoms with E-state index in [9.17, 15) is 0 Å². The number of nitrogens with one attached hydrogen (secondary N) is 1. The summed E-state index contributed by atoms with van der Waals surface area (Å²) in [5.41, 5.74) is 5.43. The smallest absolute Gasteiger partial charge is 0.0205 e. The summed E-state index contributed by atoms with van der Waals surface area (Å²) in [6, 6.07) is 19.9. The van der Waals surface area contributed by atoms with E-state index in [0.717, 1.165) is 19.0 Å². The second-order valence-corrected chi connectivity index (χ2v) is 8.10. The van der Waals surface area contributed by atoms with Crippen LogP contribution in [-0.4, -0.2) is 6.54 Å². The third-order valence-corrected chi connectivity index (χ3v) is 6.18. The molecule has 0 saturated heterocycles. The Bertz CT molecular complexity index is 688. The third kappa shape index (κ3) is 2.61. The number of rotatable bonds is 4. The SMILES string of the molecule is CC1(C)CCC2(CC2CNCc2ccccc2)c2ccccc21. The van der Waals surface area contributed by atoms with Crippen molar-refractivity contribution in [2.75, 3.05) is 6.54 Å². The first-order valence-corrected chi connectivity index (χ1v) is 8.96. The highest BCUT2D eigenvalue weighted by Gasteiger charge is 2.58. The zero-order valence-electron chi connectivity index (χ0n) is 14.3. The molecule has 1 nitrogen and oxygen atoms in total. The number of fused-ring (bicyclic) bond motifs is 2. The van der Waals surface area contributed by atoms with Gasteiger partial charge >= 0.3 is 0 Å². The largest absolute Gasteiger partial charge is 0.312 e. The van der Waals surface area contributed by atoms with E-state index in [1.807, 2.05) is 0 Å². The van der Waals surface area contributed by atoms with Crippen LogP contribution in [-0.2, 0) is 17.4 Å². The molecule has 1 spiro atoms. The Morgan fingerprint density at radius 1 is 0.913 bits per heavy atom. The van der Waals surface area contributed by atoms with Gasteiger partial charge in [-0.2, -0.15) is 0 Å². The van der Waals surface area contributed by atoms with Crippen LogP contribution in [0.5, 0.6) is 0 Å². The normalized spacial score (nSPS) is 27.7. The highest BCUT2D eigenvalue weighted by atomic mass is 14.9. The predicted molar refractivity (Wildman–Crippen MR) is 96.6 cm³/mol. The Labute approximate surface area is 140 Å². The van der Waals surface area contributed by atoms with Crippen LogP contribution in [0.4, 0.5) is 0 Å². The van der Waals surface area contributed by atoms with Crippen LogP contribution in [0, 0.1) is 5.92 Å². The lowest BCUT2D eigenvalue weighted by Crippen LogP contribution is -2.32. The molecule has 2 aliphatic carbocycles. The fourth-order valence-electron chi connectivity index (χ4n) is 4.58. The van der Waals surface area contributed by atoms with Crippen molar-refractivity contribution in [2.24, 2.45) is 5.92 Å². The Kier molecular flexibility index (Phi) is 3.57. The van der Waals surface area contributed by atoms with Crippen molar-refractivity contribution in [3.8, 4) is 0 Å². The van der Waals surface area contributed by atoms with Gasteiger partial charge in [0, 0.05) is 12.0 Å². The molecule has 2 aliphatic rings. The zero-order chi connectivity index (χ0) is 15.9. The van der Waals surface area contributed by atoms with Crippen LogP contribution < -0.4 is 5.32 Å². The Morgan fingerprint density at radius 2 is 1.61 bits per heavy atom. The van der Waals surface area contributed by atoms with Crippen molar-refractivity contribution >= 4 is 0 Å². The molecular formula is C22H27N. The quantitative estimate of drug-likeness (QED) is 0.855. The summed E-state index contributed by atoms with van der Waals surface area (Å²) in [6.07, 6.45) is 4.04. The highest BCUT2D eigenvalue weighted by Crippen LogP contribution is 2.62. The van der Waals surface area contributed by atoms with Crippen molar-refractivity contribution in [1.29, 1.82) is 0 Å². The molecule has 2 aromatic rings. The number of benzene rings is 2. The van der Waals surface area contributed by atoms with E-state index in [1.165, 1.54) is 24.8 Å². The van der Waals surface area contributed by atoms with Crippen LogP contribution in [0.15, 0.2) is 54.6 Å². The van der Waals surface area contributed by atoms with Gasteiger partial charge in [0.25, 0.3) is 0 Å². The molecule has 1 saturated carbocycles. The maximum absolute atomic E-state index is 3.69. The summed E-state index contributed by atoms with van der Waals surface area (Å²) in [5.74, 6) is 0.809. The lowest BCUT2D eigenvalue weighted by Gasteiger charge is -2.38. The van der Waals surface area contributed by atoms with E-state index in [1.54, 1.807) is 11.1 Å². The zero-order valence-corrected chi connectivity index (χ0v) is 14.3. The van der Waals surface area contributed by atoms with Crippen LogP contribution in [0.25, 0.3) is 0 Å². The predicted octanol–water partition coefficient (Wildman–Crippen LogP) is 4.81. The van der Waals surface area contributed by atoms with Gasteiger partial charge in [0.2, 0.25) is 0 Å². The average Bonchev–Trinajstić information content (AvgIpc) is 3.27. The highest BCUT2D eigenvalue weighted by molar-refractivity contribution is 5.46. The molecule has 2 atom stereocenters. The summed E-state index contributed by atoms with van der Waals surface area (Å²) >= 11 is 0. The summed E-state index contributed by atoms with van der Waals surface area (Å²) in [7, 11) is 0. The first kappa shape index (κ1) is 15.0. The number of hydrogen-bond acceptors (Lipinski definition) is 1. The van der Waals surface area contributed by atoms with E-state index in [0.29, 0.717) is 10.8 Å². The third-order valence-electron chi connectivity index (χ3n) is 6.18. The first-order chi connectivity index (χ1) is 11.1. The molecule has 2 unspecified atom stereocenters. The number of hydrogen-bond donors (Lipinski definition) is 1. The summed E-state index contributed by atoms with van der Waals surface area (Å²) in [4.78, 5) is 0. The molecule has 1 N–H and O–H groups in total. The van der Waals surface area contributed by atoms with Crippen molar-refractivity contribution < 1.29 is 0 Å². The van der Waals surface area contributed by atoms with Crippen molar-refractivity contribution in [1.82, 2.24) is 5.32 Å². The van der Waals surface area contributed by atoms with Gasteiger partial charge < -0.3 is 5.32 Å². The van der Waals surface area contributed by atoms with E-state index in [4.69, 9.17) is 0 Å². The first-order valence-electron chi connectivity index (χ1n) is 8.96. The molecule has 0 aromatic heterocycles. The van der Waals surface area contributed by atoms with Gasteiger partial charge in [-0.05, 0) is 53.8 Å². The van der Waals surface area contributed by atoms with E-state index in [2.05, 4.69) is 73.8 Å². The van der Waals surface area contributed by atoms with Crippen LogP contribution in [0.3, 0.4) is 0 Å². The molecule has 0 bridgehead atoms. The minimum Gasteiger partial charge on any atom is -0.312 e. The fraction of sp³-hybridized carbons (Fsp3) is 0.455. The van der Waals surface area contributed by atoms with Crippen LogP contribution in [0.1, 0.15) is 49.8 Å².